The second-order valence-corrected chi connectivity index (χ2v) is 6.07. The fourth-order valence-corrected chi connectivity index (χ4v) is 3.10. The van der Waals surface area contributed by atoms with Crippen molar-refractivity contribution in [2.75, 3.05) is 26.8 Å². The van der Waals surface area contributed by atoms with E-state index in [1.165, 1.54) is 19.2 Å². The van der Waals surface area contributed by atoms with Gasteiger partial charge in [-0.2, -0.15) is 4.31 Å². The normalized spacial score (nSPS) is 11.8. The highest BCUT2D eigenvalue weighted by molar-refractivity contribution is 7.89. The van der Waals surface area contributed by atoms with Crippen molar-refractivity contribution >= 4 is 16.0 Å². The van der Waals surface area contributed by atoms with Crippen molar-refractivity contribution in [1.29, 1.82) is 0 Å². The largest absolute Gasteiger partial charge is 0.480 e. The van der Waals surface area contributed by atoms with Gasteiger partial charge in [-0.05, 0) is 24.6 Å². The molecule has 0 spiro atoms. The molecule has 0 heterocycles. The Morgan fingerprint density at radius 1 is 1.45 bits per heavy atom. The SMILES string of the molecule is COCCN(CC(=O)O)S(=O)(=O)c1cc(C)ccc1F. The second kappa shape index (κ2) is 6.78. The first kappa shape index (κ1) is 16.5. The molecular formula is C12H16FNO5S. The number of sulfonamides is 1. The summed E-state index contributed by atoms with van der Waals surface area (Å²) in [5, 5.41) is 8.78. The van der Waals surface area contributed by atoms with Crippen LogP contribution in [0.25, 0.3) is 0 Å². The van der Waals surface area contributed by atoms with E-state index in [1.807, 2.05) is 0 Å². The minimum Gasteiger partial charge on any atom is -0.480 e. The van der Waals surface area contributed by atoms with Gasteiger partial charge in [0.25, 0.3) is 0 Å². The number of benzene rings is 1. The number of carbonyl (C=O) groups is 1. The van der Waals surface area contributed by atoms with Crippen molar-refractivity contribution in [3.05, 3.63) is 29.6 Å². The number of nitrogens with zero attached hydrogens (tertiary/aromatic N) is 1. The number of carboxylic acids is 1. The number of hydrogen-bond acceptors (Lipinski definition) is 4. The van der Waals surface area contributed by atoms with Gasteiger partial charge in [-0.15, -0.1) is 0 Å². The van der Waals surface area contributed by atoms with Gasteiger partial charge in [0.15, 0.2) is 0 Å². The smallest absolute Gasteiger partial charge is 0.318 e. The summed E-state index contributed by atoms with van der Waals surface area (Å²) >= 11 is 0. The van der Waals surface area contributed by atoms with Crippen molar-refractivity contribution in [1.82, 2.24) is 4.31 Å². The highest BCUT2D eigenvalue weighted by atomic mass is 32.2. The maximum absolute atomic E-state index is 13.7. The van der Waals surface area contributed by atoms with Crippen LogP contribution in [-0.4, -0.2) is 50.6 Å². The van der Waals surface area contributed by atoms with E-state index >= 15 is 0 Å². The van der Waals surface area contributed by atoms with Gasteiger partial charge in [-0.25, -0.2) is 12.8 Å². The quantitative estimate of drug-likeness (QED) is 0.807. The maximum Gasteiger partial charge on any atom is 0.318 e. The number of ether oxygens (including phenoxy) is 1. The molecule has 8 heteroatoms. The lowest BCUT2D eigenvalue weighted by molar-refractivity contribution is -0.137. The first-order valence-electron chi connectivity index (χ1n) is 5.76. The standard InChI is InChI=1S/C12H16FNO5S/c1-9-3-4-10(13)11(7-9)20(17,18)14(5-6-19-2)8-12(15)16/h3-4,7H,5-6,8H2,1-2H3,(H,15,16). The molecule has 0 amide bonds. The van der Waals surface area contributed by atoms with Gasteiger partial charge in [0.2, 0.25) is 10.0 Å². The van der Waals surface area contributed by atoms with E-state index in [9.17, 15) is 17.6 Å². The van der Waals surface area contributed by atoms with Crippen LogP contribution in [0, 0.1) is 12.7 Å². The Kier molecular flexibility index (Phi) is 5.61. The van der Waals surface area contributed by atoms with E-state index in [4.69, 9.17) is 9.84 Å². The third kappa shape index (κ3) is 3.99. The Morgan fingerprint density at radius 3 is 2.65 bits per heavy atom. The lowest BCUT2D eigenvalue weighted by Crippen LogP contribution is -2.38. The van der Waals surface area contributed by atoms with Crippen LogP contribution in [0.4, 0.5) is 4.39 Å². The molecule has 0 unspecified atom stereocenters. The summed E-state index contributed by atoms with van der Waals surface area (Å²) in [5.74, 6) is -2.24. The van der Waals surface area contributed by atoms with Gasteiger partial charge < -0.3 is 9.84 Å². The van der Waals surface area contributed by atoms with Crippen LogP contribution in [-0.2, 0) is 19.6 Å². The monoisotopic (exact) mass is 305 g/mol. The molecule has 1 rings (SSSR count). The molecule has 0 aliphatic rings. The molecule has 6 nitrogen and oxygen atoms in total. The van der Waals surface area contributed by atoms with Crippen molar-refractivity contribution in [3.63, 3.8) is 0 Å². The average Bonchev–Trinajstić information content (AvgIpc) is 2.36. The summed E-state index contributed by atoms with van der Waals surface area (Å²) in [6, 6.07) is 3.65. The van der Waals surface area contributed by atoms with Crippen LogP contribution in [0.5, 0.6) is 0 Å². The topological polar surface area (TPSA) is 83.9 Å². The summed E-state index contributed by atoms with van der Waals surface area (Å²) in [4.78, 5) is 10.2. The molecule has 1 aromatic carbocycles. The van der Waals surface area contributed by atoms with Crippen molar-refractivity contribution in [2.45, 2.75) is 11.8 Å². The minimum absolute atomic E-state index is 0.0138. The van der Waals surface area contributed by atoms with Gasteiger partial charge in [0, 0.05) is 13.7 Å². The molecule has 0 saturated heterocycles. The summed E-state index contributed by atoms with van der Waals surface area (Å²) in [6.45, 7) is 0.715. The first-order valence-corrected chi connectivity index (χ1v) is 7.20. The third-order valence-corrected chi connectivity index (χ3v) is 4.42. The molecule has 20 heavy (non-hydrogen) atoms. The molecule has 0 saturated carbocycles. The lowest BCUT2D eigenvalue weighted by Gasteiger charge is -2.20. The van der Waals surface area contributed by atoms with Crippen molar-refractivity contribution in [3.8, 4) is 0 Å². The van der Waals surface area contributed by atoms with E-state index in [1.54, 1.807) is 6.92 Å². The van der Waals surface area contributed by atoms with Gasteiger partial charge in [-0.1, -0.05) is 6.07 Å². The second-order valence-electron chi connectivity index (χ2n) is 4.16. The predicted octanol–water partition coefficient (Wildman–Crippen LogP) is 0.856. The van der Waals surface area contributed by atoms with Crippen LogP contribution in [0.1, 0.15) is 5.56 Å². The number of aryl methyl sites for hydroxylation is 1. The van der Waals surface area contributed by atoms with Crippen LogP contribution >= 0.6 is 0 Å². The molecule has 0 fully saturated rings. The fraction of sp³-hybridized carbons (Fsp3) is 0.417. The van der Waals surface area contributed by atoms with Crippen LogP contribution in [0.15, 0.2) is 23.1 Å². The summed E-state index contributed by atoms with van der Waals surface area (Å²) in [7, 11) is -2.86. The highest BCUT2D eigenvalue weighted by Gasteiger charge is 2.29. The highest BCUT2D eigenvalue weighted by Crippen LogP contribution is 2.20. The Bertz CT molecular complexity index is 588. The number of methoxy groups -OCH3 is 1. The summed E-state index contributed by atoms with van der Waals surface area (Å²) in [5.41, 5.74) is 0.562. The van der Waals surface area contributed by atoms with Gasteiger partial charge in [-0.3, -0.25) is 4.79 Å². The van der Waals surface area contributed by atoms with Crippen LogP contribution in [0.2, 0.25) is 0 Å². The van der Waals surface area contributed by atoms with E-state index in [0.717, 1.165) is 6.07 Å². The molecule has 1 aromatic rings. The molecule has 0 aliphatic heterocycles. The lowest BCUT2D eigenvalue weighted by atomic mass is 10.2. The molecule has 0 aliphatic carbocycles. The number of carboxylic acid groups (broad SMARTS) is 1. The Morgan fingerprint density at radius 2 is 2.10 bits per heavy atom. The van der Waals surface area contributed by atoms with E-state index in [0.29, 0.717) is 9.87 Å². The number of rotatable bonds is 7. The molecule has 0 aromatic heterocycles. The molecule has 0 bridgehead atoms. The Labute approximate surface area is 116 Å². The Balaban J connectivity index is 3.20. The summed E-state index contributed by atoms with van der Waals surface area (Å²) in [6.07, 6.45) is 0. The van der Waals surface area contributed by atoms with Crippen LogP contribution < -0.4 is 0 Å². The zero-order valence-corrected chi connectivity index (χ0v) is 12.0. The minimum atomic E-state index is -4.22. The average molecular weight is 305 g/mol. The van der Waals surface area contributed by atoms with Crippen LogP contribution in [0.3, 0.4) is 0 Å². The van der Waals surface area contributed by atoms with Gasteiger partial charge in [0.1, 0.15) is 17.3 Å². The maximum atomic E-state index is 13.7. The molecule has 0 radical (unpaired) electrons. The van der Waals surface area contributed by atoms with Gasteiger partial charge in [0.05, 0.1) is 6.61 Å². The predicted molar refractivity (Wildman–Crippen MR) is 69.4 cm³/mol. The van der Waals surface area contributed by atoms with Crippen molar-refractivity contribution < 1.29 is 27.4 Å². The molecule has 0 atom stereocenters. The van der Waals surface area contributed by atoms with E-state index in [-0.39, 0.29) is 13.2 Å². The van der Waals surface area contributed by atoms with Gasteiger partial charge >= 0.3 is 5.97 Å². The van der Waals surface area contributed by atoms with Crippen molar-refractivity contribution in [2.24, 2.45) is 0 Å². The molecule has 1 N–H and O–H groups in total. The zero-order chi connectivity index (χ0) is 15.3. The molecular weight excluding hydrogens is 289 g/mol. The fourth-order valence-electron chi connectivity index (χ4n) is 1.58. The van der Waals surface area contributed by atoms with E-state index < -0.39 is 33.3 Å². The molecule has 112 valence electrons. The van der Waals surface area contributed by atoms with E-state index in [2.05, 4.69) is 0 Å². The Hall–Kier alpha value is -1.51. The zero-order valence-electron chi connectivity index (χ0n) is 11.2. The number of halogens is 1. The number of aliphatic carboxylic acids is 1. The number of hydrogen-bond donors (Lipinski definition) is 1. The third-order valence-electron chi connectivity index (χ3n) is 2.56. The first-order chi connectivity index (χ1) is 9.28. The summed E-state index contributed by atoms with van der Waals surface area (Å²) < 4.78 is 43.8.